The second-order valence-corrected chi connectivity index (χ2v) is 10.9. The van der Waals surface area contributed by atoms with Gasteiger partial charge in [-0.05, 0) is 64.0 Å². The van der Waals surface area contributed by atoms with Crippen LogP contribution in [0.15, 0.2) is 53.5 Å². The lowest BCUT2D eigenvalue weighted by Gasteiger charge is -2.25. The molecule has 1 aromatic carbocycles. The van der Waals surface area contributed by atoms with E-state index in [4.69, 9.17) is 9.72 Å². The summed E-state index contributed by atoms with van der Waals surface area (Å²) in [5.41, 5.74) is 3.25. The number of fused-ring (bicyclic) bond motifs is 1. The van der Waals surface area contributed by atoms with Gasteiger partial charge in [-0.1, -0.05) is 24.3 Å². The van der Waals surface area contributed by atoms with Crippen molar-refractivity contribution >= 4 is 28.1 Å². The Hall–Kier alpha value is -3.07. The molecule has 1 unspecified atom stereocenters. The molecule has 4 aromatic rings. The molecule has 0 spiro atoms. The fraction of sp³-hybridized carbons (Fsp3) is 0.393. The highest BCUT2D eigenvalue weighted by Crippen LogP contribution is 2.35. The summed E-state index contributed by atoms with van der Waals surface area (Å²) in [7, 11) is 4.19. The molecular formula is C28H33N5O2S. The Morgan fingerprint density at radius 1 is 1.17 bits per heavy atom. The van der Waals surface area contributed by atoms with Gasteiger partial charge in [0.2, 0.25) is 0 Å². The average molecular weight is 504 g/mol. The number of hydrogen-bond donors (Lipinski definition) is 1. The van der Waals surface area contributed by atoms with Gasteiger partial charge < -0.3 is 19.5 Å². The lowest BCUT2D eigenvalue weighted by Crippen LogP contribution is -2.28. The van der Waals surface area contributed by atoms with E-state index in [1.165, 1.54) is 20.9 Å². The van der Waals surface area contributed by atoms with Crippen molar-refractivity contribution in [3.63, 3.8) is 0 Å². The average Bonchev–Trinajstić information content (AvgIpc) is 3.34. The first-order valence-electron chi connectivity index (χ1n) is 12.5. The second kappa shape index (κ2) is 10.5. The van der Waals surface area contributed by atoms with Gasteiger partial charge in [-0.3, -0.25) is 4.79 Å². The normalized spacial score (nSPS) is 15.5. The smallest absolute Gasteiger partial charge is 0.252 e. The number of rotatable bonds is 7. The first kappa shape index (κ1) is 24.6. The molecule has 0 bridgehead atoms. The molecule has 188 valence electrons. The van der Waals surface area contributed by atoms with Crippen LogP contribution in [0.25, 0.3) is 21.3 Å². The van der Waals surface area contributed by atoms with Gasteiger partial charge in [-0.2, -0.15) is 0 Å². The van der Waals surface area contributed by atoms with Crippen molar-refractivity contribution in [3.8, 4) is 10.4 Å². The highest BCUT2D eigenvalue weighted by Gasteiger charge is 2.20. The number of thiophene rings is 1. The van der Waals surface area contributed by atoms with Gasteiger partial charge in [0.15, 0.2) is 0 Å². The summed E-state index contributed by atoms with van der Waals surface area (Å²) in [5, 5.41) is 4.48. The van der Waals surface area contributed by atoms with Crippen molar-refractivity contribution in [1.29, 1.82) is 0 Å². The molecule has 5 rings (SSSR count). The highest BCUT2D eigenvalue weighted by atomic mass is 32.1. The van der Waals surface area contributed by atoms with E-state index < -0.39 is 0 Å². The topological polar surface area (TPSA) is 72.3 Å². The van der Waals surface area contributed by atoms with E-state index >= 15 is 0 Å². The van der Waals surface area contributed by atoms with Crippen molar-refractivity contribution in [2.45, 2.75) is 45.3 Å². The van der Waals surface area contributed by atoms with E-state index in [9.17, 15) is 4.79 Å². The van der Waals surface area contributed by atoms with E-state index in [1.807, 2.05) is 17.7 Å². The minimum absolute atomic E-state index is 0.0224. The lowest BCUT2D eigenvalue weighted by molar-refractivity contribution is 0.0688. The maximum absolute atomic E-state index is 12.9. The van der Waals surface area contributed by atoms with Crippen LogP contribution in [0.1, 0.15) is 48.1 Å². The summed E-state index contributed by atoms with van der Waals surface area (Å²) in [6, 6.07) is 14.8. The van der Waals surface area contributed by atoms with Gasteiger partial charge in [0, 0.05) is 47.8 Å². The van der Waals surface area contributed by atoms with Crippen LogP contribution in [0.2, 0.25) is 0 Å². The Bertz CT molecular complexity index is 1420. The van der Waals surface area contributed by atoms with Crippen LogP contribution in [-0.2, 0) is 11.3 Å². The zero-order valence-corrected chi connectivity index (χ0v) is 22.1. The molecule has 0 amide bonds. The van der Waals surface area contributed by atoms with E-state index in [2.05, 4.69) is 72.6 Å². The van der Waals surface area contributed by atoms with Crippen LogP contribution in [0.3, 0.4) is 0 Å². The van der Waals surface area contributed by atoms with Crippen molar-refractivity contribution in [2.24, 2.45) is 0 Å². The molecule has 1 atom stereocenters. The Kier molecular flexibility index (Phi) is 7.18. The Morgan fingerprint density at radius 3 is 2.72 bits per heavy atom. The van der Waals surface area contributed by atoms with Gasteiger partial charge in [0.1, 0.15) is 11.6 Å². The Balaban J connectivity index is 1.45. The van der Waals surface area contributed by atoms with Crippen molar-refractivity contribution in [3.05, 3.63) is 75.3 Å². The summed E-state index contributed by atoms with van der Waals surface area (Å²) in [5.74, 6) is 1.40. The van der Waals surface area contributed by atoms with Crippen LogP contribution < -0.4 is 10.9 Å². The van der Waals surface area contributed by atoms with Gasteiger partial charge in [-0.15, -0.1) is 11.3 Å². The fourth-order valence-electron chi connectivity index (χ4n) is 4.84. The number of nitrogens with zero attached hydrogens (tertiary/aromatic N) is 4. The third-order valence-electron chi connectivity index (χ3n) is 6.63. The fourth-order valence-corrected chi connectivity index (χ4v) is 5.91. The molecule has 1 fully saturated rings. The number of nitrogens with one attached hydrogen (secondary N) is 1. The first-order chi connectivity index (χ1) is 17.4. The SMILES string of the molecule is Cc1nc(NC(C)c2ccc(-c3ccccc3CN(C)C)s2)c2cn(C3CCOCC3)c(=O)cc2n1. The molecule has 4 heterocycles. The number of anilines is 1. The van der Waals surface area contributed by atoms with E-state index in [1.54, 1.807) is 17.4 Å². The van der Waals surface area contributed by atoms with E-state index in [0.29, 0.717) is 24.6 Å². The quantitative estimate of drug-likeness (QED) is 0.363. The summed E-state index contributed by atoms with van der Waals surface area (Å²) in [6.45, 7) is 6.28. The molecule has 1 N–H and O–H groups in total. The predicted molar refractivity (Wildman–Crippen MR) is 147 cm³/mol. The summed E-state index contributed by atoms with van der Waals surface area (Å²) >= 11 is 1.80. The van der Waals surface area contributed by atoms with Gasteiger partial charge >= 0.3 is 0 Å². The molecule has 0 saturated carbocycles. The molecule has 1 aliphatic heterocycles. The summed E-state index contributed by atoms with van der Waals surface area (Å²) in [4.78, 5) is 26.8. The van der Waals surface area contributed by atoms with Crippen molar-refractivity contribution in [1.82, 2.24) is 19.4 Å². The maximum Gasteiger partial charge on any atom is 0.252 e. The first-order valence-corrected chi connectivity index (χ1v) is 13.3. The molecule has 0 aliphatic carbocycles. The largest absolute Gasteiger partial charge is 0.381 e. The Morgan fingerprint density at radius 2 is 1.94 bits per heavy atom. The minimum atomic E-state index is -0.0224. The zero-order valence-electron chi connectivity index (χ0n) is 21.3. The van der Waals surface area contributed by atoms with Crippen LogP contribution >= 0.6 is 11.3 Å². The number of benzene rings is 1. The van der Waals surface area contributed by atoms with Crippen LogP contribution in [0.5, 0.6) is 0 Å². The van der Waals surface area contributed by atoms with Crippen molar-refractivity contribution < 1.29 is 4.74 Å². The highest BCUT2D eigenvalue weighted by molar-refractivity contribution is 7.15. The number of pyridine rings is 1. The third-order valence-corrected chi connectivity index (χ3v) is 7.93. The lowest BCUT2D eigenvalue weighted by atomic mass is 10.1. The molecule has 1 saturated heterocycles. The molecule has 0 radical (unpaired) electrons. The maximum atomic E-state index is 12.9. The van der Waals surface area contributed by atoms with Crippen molar-refractivity contribution in [2.75, 3.05) is 32.6 Å². The third kappa shape index (κ3) is 5.21. The number of hydrogen-bond acceptors (Lipinski definition) is 7. The van der Waals surface area contributed by atoms with Gasteiger partial charge in [-0.25, -0.2) is 9.97 Å². The van der Waals surface area contributed by atoms with E-state index in [0.717, 1.165) is 30.6 Å². The van der Waals surface area contributed by atoms with Crippen LogP contribution in [0, 0.1) is 6.92 Å². The second-order valence-electron chi connectivity index (χ2n) is 9.74. The minimum Gasteiger partial charge on any atom is -0.381 e. The number of ether oxygens (including phenoxy) is 1. The number of aryl methyl sites for hydroxylation is 1. The zero-order chi connectivity index (χ0) is 25.2. The molecule has 3 aromatic heterocycles. The summed E-state index contributed by atoms with van der Waals surface area (Å²) < 4.78 is 7.33. The molecule has 8 heteroatoms. The Labute approximate surface area is 215 Å². The molecular weight excluding hydrogens is 470 g/mol. The van der Waals surface area contributed by atoms with E-state index in [-0.39, 0.29) is 17.6 Å². The molecule has 7 nitrogen and oxygen atoms in total. The summed E-state index contributed by atoms with van der Waals surface area (Å²) in [6.07, 6.45) is 3.61. The standard InChI is InChI=1S/C28H33N5O2S/c1-18(25-9-10-26(36-25)22-8-6-5-7-20(22)16-32(3)4)29-28-23-17-33(21-11-13-35-14-12-21)27(34)15-24(23)30-19(2)31-28/h5-10,15,17-18,21H,11-14,16H2,1-4H3,(H,29,30,31). The number of aromatic nitrogens is 3. The van der Waals surface area contributed by atoms with Crippen LogP contribution in [0.4, 0.5) is 5.82 Å². The molecule has 36 heavy (non-hydrogen) atoms. The predicted octanol–water partition coefficient (Wildman–Crippen LogP) is 5.41. The van der Waals surface area contributed by atoms with Gasteiger partial charge in [0.05, 0.1) is 16.9 Å². The monoisotopic (exact) mass is 503 g/mol. The van der Waals surface area contributed by atoms with Crippen LogP contribution in [-0.4, -0.2) is 46.7 Å². The van der Waals surface area contributed by atoms with Gasteiger partial charge in [0.25, 0.3) is 5.56 Å². The molecule has 1 aliphatic rings.